The van der Waals surface area contributed by atoms with Gasteiger partial charge < -0.3 is 15.4 Å². The summed E-state index contributed by atoms with van der Waals surface area (Å²) < 4.78 is 5.58. The molecule has 0 bridgehead atoms. The van der Waals surface area contributed by atoms with Crippen molar-refractivity contribution in [3.63, 3.8) is 0 Å². The highest BCUT2D eigenvalue weighted by Gasteiger charge is 2.08. The molecule has 0 saturated carbocycles. The second kappa shape index (κ2) is 8.00. The molecule has 3 rings (SSSR count). The third-order valence-electron chi connectivity index (χ3n) is 3.21. The molecule has 3 aromatic rings. The van der Waals surface area contributed by atoms with Crippen LogP contribution in [-0.4, -0.2) is 21.8 Å². The number of hydrogen-bond acceptors (Lipinski definition) is 6. The minimum absolute atomic E-state index is 0.329. The maximum atomic E-state index is 6.18. The summed E-state index contributed by atoms with van der Waals surface area (Å²) in [5.74, 6) is 1.52. The summed E-state index contributed by atoms with van der Waals surface area (Å²) in [6, 6.07) is 12.8. The van der Waals surface area contributed by atoms with Crippen LogP contribution in [0.1, 0.15) is 6.92 Å². The highest BCUT2D eigenvalue weighted by Crippen LogP contribution is 2.31. The Balaban J connectivity index is 1.81. The minimum atomic E-state index is 0.329. The molecule has 25 heavy (non-hydrogen) atoms. The average molecular weight is 376 g/mol. The van der Waals surface area contributed by atoms with Gasteiger partial charge in [0.1, 0.15) is 5.75 Å². The lowest BCUT2D eigenvalue weighted by Crippen LogP contribution is -2.04. The molecule has 0 atom stereocenters. The summed E-state index contributed by atoms with van der Waals surface area (Å²) in [6.45, 7) is 2.49. The van der Waals surface area contributed by atoms with E-state index in [1.165, 1.54) is 6.20 Å². The normalized spacial score (nSPS) is 10.4. The van der Waals surface area contributed by atoms with Gasteiger partial charge in [-0.05, 0) is 31.2 Å². The van der Waals surface area contributed by atoms with Crippen molar-refractivity contribution < 1.29 is 4.74 Å². The number of hydrogen-bond donors (Lipinski definition) is 2. The van der Waals surface area contributed by atoms with Crippen molar-refractivity contribution in [1.29, 1.82) is 0 Å². The van der Waals surface area contributed by atoms with E-state index in [9.17, 15) is 0 Å². The monoisotopic (exact) mass is 375 g/mol. The van der Waals surface area contributed by atoms with Crippen LogP contribution in [0.15, 0.2) is 48.7 Å². The predicted octanol–water partition coefficient (Wildman–Crippen LogP) is 5.06. The molecule has 1 heterocycles. The maximum absolute atomic E-state index is 6.18. The average Bonchev–Trinajstić information content (AvgIpc) is 2.61. The first kappa shape index (κ1) is 17.3. The van der Waals surface area contributed by atoms with Crippen LogP contribution >= 0.6 is 23.2 Å². The van der Waals surface area contributed by atoms with E-state index in [-0.39, 0.29) is 0 Å². The molecule has 6 nitrogen and oxygen atoms in total. The first-order valence-electron chi connectivity index (χ1n) is 7.57. The van der Waals surface area contributed by atoms with E-state index in [1.807, 2.05) is 31.2 Å². The molecule has 1 aromatic heterocycles. The zero-order chi connectivity index (χ0) is 17.6. The van der Waals surface area contributed by atoms with Crippen LogP contribution in [0.3, 0.4) is 0 Å². The lowest BCUT2D eigenvalue weighted by atomic mass is 10.3. The Hall–Kier alpha value is -2.57. The molecule has 0 unspecified atom stereocenters. The van der Waals surface area contributed by atoms with E-state index in [0.29, 0.717) is 39.9 Å². The summed E-state index contributed by atoms with van der Waals surface area (Å²) in [5, 5.41) is 15.0. The summed E-state index contributed by atoms with van der Waals surface area (Å²) in [5.41, 5.74) is 1.39. The van der Waals surface area contributed by atoms with E-state index in [0.717, 1.165) is 5.69 Å². The zero-order valence-corrected chi connectivity index (χ0v) is 14.8. The number of halogens is 2. The fourth-order valence-corrected chi connectivity index (χ4v) is 2.47. The topological polar surface area (TPSA) is 72.0 Å². The van der Waals surface area contributed by atoms with Gasteiger partial charge in [-0.1, -0.05) is 41.4 Å². The highest BCUT2D eigenvalue weighted by molar-refractivity contribution is 6.43. The lowest BCUT2D eigenvalue weighted by Gasteiger charge is -2.12. The molecule has 0 fully saturated rings. The van der Waals surface area contributed by atoms with Crippen LogP contribution in [-0.2, 0) is 0 Å². The van der Waals surface area contributed by atoms with Crippen molar-refractivity contribution in [2.75, 3.05) is 17.2 Å². The van der Waals surface area contributed by atoms with Gasteiger partial charge in [0.25, 0.3) is 0 Å². The first-order chi connectivity index (χ1) is 12.2. The zero-order valence-electron chi connectivity index (χ0n) is 13.3. The van der Waals surface area contributed by atoms with Crippen LogP contribution < -0.4 is 15.4 Å². The van der Waals surface area contributed by atoms with Crippen molar-refractivity contribution in [2.24, 2.45) is 0 Å². The SMILES string of the molecule is CCOc1ccccc1Nc1nncc(Nc2cccc(Cl)c2Cl)n1. The third kappa shape index (κ3) is 4.29. The standard InChI is InChI=1S/C17H15Cl2N5O/c1-2-25-14-9-4-3-7-12(14)22-17-23-15(10-20-24-17)21-13-8-5-6-11(18)16(13)19/h3-10H,2H2,1H3,(H2,21,22,23,24). The minimum Gasteiger partial charge on any atom is -0.492 e. The molecular weight excluding hydrogens is 361 g/mol. The molecule has 2 aromatic carbocycles. The predicted molar refractivity (Wildman–Crippen MR) is 100 cm³/mol. The summed E-state index contributed by atoms with van der Waals surface area (Å²) >= 11 is 12.2. The number of rotatable bonds is 6. The second-order valence-corrected chi connectivity index (χ2v) is 5.73. The van der Waals surface area contributed by atoms with Crippen LogP contribution in [0.5, 0.6) is 5.75 Å². The van der Waals surface area contributed by atoms with Gasteiger partial charge in [-0.15, -0.1) is 5.10 Å². The van der Waals surface area contributed by atoms with Gasteiger partial charge in [-0.3, -0.25) is 0 Å². The Bertz CT molecular complexity index is 875. The Labute approximate surface area is 155 Å². The summed E-state index contributed by atoms with van der Waals surface area (Å²) in [4.78, 5) is 4.38. The molecule has 0 spiro atoms. The Morgan fingerprint density at radius 3 is 2.64 bits per heavy atom. The Morgan fingerprint density at radius 1 is 1.00 bits per heavy atom. The number of nitrogens with one attached hydrogen (secondary N) is 2. The van der Waals surface area contributed by atoms with Crippen molar-refractivity contribution in [3.8, 4) is 5.75 Å². The fraction of sp³-hybridized carbons (Fsp3) is 0.118. The quantitative estimate of drug-likeness (QED) is 0.626. The molecule has 0 aliphatic heterocycles. The van der Waals surface area contributed by atoms with Crippen molar-refractivity contribution in [3.05, 3.63) is 58.7 Å². The van der Waals surface area contributed by atoms with E-state index in [1.54, 1.807) is 18.2 Å². The second-order valence-electron chi connectivity index (χ2n) is 4.95. The van der Waals surface area contributed by atoms with Gasteiger partial charge >= 0.3 is 0 Å². The van der Waals surface area contributed by atoms with Crippen LogP contribution in [0, 0.1) is 0 Å². The molecule has 128 valence electrons. The number of nitrogens with zero attached hydrogens (tertiary/aromatic N) is 3. The van der Waals surface area contributed by atoms with Gasteiger partial charge in [-0.2, -0.15) is 10.1 Å². The molecule has 0 amide bonds. The molecule has 2 N–H and O–H groups in total. The molecule has 0 aliphatic carbocycles. The van der Waals surface area contributed by atoms with E-state index in [2.05, 4.69) is 25.8 Å². The molecule has 0 aliphatic rings. The van der Waals surface area contributed by atoms with E-state index < -0.39 is 0 Å². The van der Waals surface area contributed by atoms with E-state index in [4.69, 9.17) is 27.9 Å². The fourth-order valence-electron chi connectivity index (χ4n) is 2.13. The van der Waals surface area contributed by atoms with E-state index >= 15 is 0 Å². The molecule has 8 heteroatoms. The Kier molecular flexibility index (Phi) is 5.53. The Morgan fingerprint density at radius 2 is 1.80 bits per heavy atom. The smallest absolute Gasteiger partial charge is 0.249 e. The third-order valence-corrected chi connectivity index (χ3v) is 4.03. The van der Waals surface area contributed by atoms with Gasteiger partial charge in [0.15, 0.2) is 5.82 Å². The van der Waals surface area contributed by atoms with Crippen LogP contribution in [0.4, 0.5) is 23.1 Å². The number of para-hydroxylation sites is 2. The summed E-state index contributed by atoms with van der Waals surface area (Å²) in [7, 11) is 0. The maximum Gasteiger partial charge on any atom is 0.249 e. The molecule has 0 saturated heterocycles. The number of ether oxygens (including phenoxy) is 1. The molecular formula is C17H15Cl2N5O. The number of aromatic nitrogens is 3. The van der Waals surface area contributed by atoms with Crippen molar-refractivity contribution in [2.45, 2.75) is 6.92 Å². The largest absolute Gasteiger partial charge is 0.492 e. The van der Waals surface area contributed by atoms with Gasteiger partial charge in [0.2, 0.25) is 5.95 Å². The summed E-state index contributed by atoms with van der Waals surface area (Å²) in [6.07, 6.45) is 1.50. The van der Waals surface area contributed by atoms with Gasteiger partial charge in [0, 0.05) is 0 Å². The highest BCUT2D eigenvalue weighted by atomic mass is 35.5. The van der Waals surface area contributed by atoms with Gasteiger partial charge in [0.05, 0.1) is 34.2 Å². The number of benzene rings is 2. The lowest BCUT2D eigenvalue weighted by molar-refractivity contribution is 0.342. The van der Waals surface area contributed by atoms with Crippen molar-refractivity contribution in [1.82, 2.24) is 15.2 Å². The molecule has 0 radical (unpaired) electrons. The van der Waals surface area contributed by atoms with Crippen LogP contribution in [0.2, 0.25) is 10.0 Å². The number of anilines is 4. The van der Waals surface area contributed by atoms with Gasteiger partial charge in [-0.25, -0.2) is 0 Å². The van der Waals surface area contributed by atoms with Crippen LogP contribution in [0.25, 0.3) is 0 Å². The first-order valence-corrected chi connectivity index (χ1v) is 8.32. The van der Waals surface area contributed by atoms with Crippen molar-refractivity contribution >= 4 is 46.3 Å².